The number of fused-ring (bicyclic) bond motifs is 1. The van der Waals surface area contributed by atoms with Crippen LogP contribution in [0.2, 0.25) is 0 Å². The second-order valence-corrected chi connectivity index (χ2v) is 5.44. The minimum Gasteiger partial charge on any atom is -0.369 e. The van der Waals surface area contributed by atoms with Gasteiger partial charge in [-0.25, -0.2) is 9.37 Å². The van der Waals surface area contributed by atoms with Gasteiger partial charge < -0.3 is 10.3 Å². The van der Waals surface area contributed by atoms with Crippen molar-refractivity contribution in [3.63, 3.8) is 0 Å². The molecule has 1 atom stereocenters. The zero-order valence-electron chi connectivity index (χ0n) is 10.5. The molecule has 1 unspecified atom stereocenters. The van der Waals surface area contributed by atoms with E-state index in [2.05, 4.69) is 28.7 Å². The van der Waals surface area contributed by atoms with Gasteiger partial charge in [-0.05, 0) is 47.9 Å². The van der Waals surface area contributed by atoms with E-state index in [1.165, 1.54) is 17.7 Å². The Kier molecular flexibility index (Phi) is 2.98. The Labute approximate surface area is 114 Å². The highest BCUT2D eigenvalue weighted by Gasteiger charge is 2.15. The van der Waals surface area contributed by atoms with Crippen molar-refractivity contribution in [1.82, 2.24) is 9.55 Å². The fourth-order valence-electron chi connectivity index (χ4n) is 2.39. The molecule has 2 aromatic heterocycles. The van der Waals surface area contributed by atoms with E-state index in [9.17, 15) is 4.39 Å². The van der Waals surface area contributed by atoms with Gasteiger partial charge in [0, 0.05) is 12.1 Å². The van der Waals surface area contributed by atoms with E-state index in [1.54, 1.807) is 17.4 Å². The topological polar surface area (TPSA) is 43.8 Å². The zero-order chi connectivity index (χ0) is 13.4. The Morgan fingerprint density at radius 3 is 3.00 bits per heavy atom. The Balaban J connectivity index is 2.01. The summed E-state index contributed by atoms with van der Waals surface area (Å²) < 4.78 is 15.2. The lowest BCUT2D eigenvalue weighted by Crippen LogP contribution is -2.11. The Bertz CT molecular complexity index is 703. The largest absolute Gasteiger partial charge is 0.369 e. The van der Waals surface area contributed by atoms with Gasteiger partial charge in [0.05, 0.1) is 11.0 Å². The quantitative estimate of drug-likeness (QED) is 0.793. The molecule has 0 aliphatic heterocycles. The van der Waals surface area contributed by atoms with Gasteiger partial charge in [-0.3, -0.25) is 0 Å². The molecule has 0 amide bonds. The fourth-order valence-corrected chi connectivity index (χ4v) is 3.08. The smallest absolute Gasteiger partial charge is 0.201 e. The molecule has 0 bridgehead atoms. The molecule has 0 radical (unpaired) electrons. The van der Waals surface area contributed by atoms with Crippen LogP contribution in [0.1, 0.15) is 18.5 Å². The van der Waals surface area contributed by atoms with Gasteiger partial charge in [0.1, 0.15) is 5.82 Å². The predicted molar refractivity (Wildman–Crippen MR) is 76.8 cm³/mol. The first kappa shape index (κ1) is 12.2. The van der Waals surface area contributed by atoms with E-state index in [0.717, 1.165) is 11.9 Å². The first-order chi connectivity index (χ1) is 9.15. The number of nitrogens with zero attached hydrogens (tertiary/aromatic N) is 2. The maximum atomic E-state index is 13.2. The van der Waals surface area contributed by atoms with Crippen LogP contribution in [0.4, 0.5) is 10.3 Å². The number of imidazole rings is 1. The van der Waals surface area contributed by atoms with Gasteiger partial charge >= 0.3 is 0 Å². The molecule has 19 heavy (non-hydrogen) atoms. The molecule has 2 heterocycles. The average molecular weight is 275 g/mol. The number of anilines is 1. The Morgan fingerprint density at radius 2 is 2.26 bits per heavy atom. The van der Waals surface area contributed by atoms with E-state index >= 15 is 0 Å². The van der Waals surface area contributed by atoms with E-state index in [0.29, 0.717) is 11.5 Å². The molecule has 3 nitrogen and oxygen atoms in total. The normalized spacial score (nSPS) is 12.9. The van der Waals surface area contributed by atoms with Gasteiger partial charge in [-0.1, -0.05) is 0 Å². The molecule has 3 rings (SSSR count). The third-order valence-electron chi connectivity index (χ3n) is 3.23. The summed E-state index contributed by atoms with van der Waals surface area (Å²) in [6, 6.07) is 6.88. The molecule has 3 aromatic rings. The van der Waals surface area contributed by atoms with E-state index in [-0.39, 0.29) is 11.9 Å². The molecule has 0 aliphatic carbocycles. The molecule has 5 heteroatoms. The summed E-state index contributed by atoms with van der Waals surface area (Å²) in [5.74, 6) is 0.144. The van der Waals surface area contributed by atoms with E-state index in [4.69, 9.17) is 5.73 Å². The number of hydrogen-bond donors (Lipinski definition) is 1. The molecule has 0 spiro atoms. The minimum absolute atomic E-state index is 0.185. The van der Waals surface area contributed by atoms with Crippen LogP contribution in [0.25, 0.3) is 11.0 Å². The van der Waals surface area contributed by atoms with Gasteiger partial charge in [-0.15, -0.1) is 0 Å². The number of thiophene rings is 1. The highest BCUT2D eigenvalue weighted by molar-refractivity contribution is 7.07. The molecule has 2 N–H and O–H groups in total. The molecule has 1 aromatic carbocycles. The van der Waals surface area contributed by atoms with Crippen LogP contribution < -0.4 is 5.73 Å². The summed E-state index contributed by atoms with van der Waals surface area (Å²) in [7, 11) is 0. The molecule has 98 valence electrons. The summed E-state index contributed by atoms with van der Waals surface area (Å²) in [6.45, 7) is 2.10. The summed E-state index contributed by atoms with van der Waals surface area (Å²) in [5, 5.41) is 4.19. The van der Waals surface area contributed by atoms with E-state index < -0.39 is 0 Å². The molecular formula is C14H14FN3S. The highest BCUT2D eigenvalue weighted by Crippen LogP contribution is 2.26. The summed E-state index contributed by atoms with van der Waals surface area (Å²) in [5.41, 5.74) is 8.73. The van der Waals surface area contributed by atoms with Crippen molar-refractivity contribution in [2.45, 2.75) is 19.4 Å². The van der Waals surface area contributed by atoms with Crippen LogP contribution in [0.3, 0.4) is 0 Å². The minimum atomic E-state index is -0.289. The van der Waals surface area contributed by atoms with Crippen LogP contribution >= 0.6 is 11.3 Å². The van der Waals surface area contributed by atoms with Gasteiger partial charge in [0.25, 0.3) is 0 Å². The van der Waals surface area contributed by atoms with Crippen molar-refractivity contribution >= 4 is 28.3 Å². The van der Waals surface area contributed by atoms with Crippen LogP contribution in [0.15, 0.2) is 35.0 Å². The van der Waals surface area contributed by atoms with Crippen molar-refractivity contribution in [2.24, 2.45) is 0 Å². The van der Waals surface area contributed by atoms with Gasteiger partial charge in [0.15, 0.2) is 0 Å². The highest BCUT2D eigenvalue weighted by atomic mass is 32.1. The van der Waals surface area contributed by atoms with Crippen LogP contribution in [0.5, 0.6) is 0 Å². The lowest BCUT2D eigenvalue weighted by molar-refractivity contribution is 0.567. The molecule has 0 saturated carbocycles. The summed E-state index contributed by atoms with van der Waals surface area (Å²) in [4.78, 5) is 4.23. The number of nitrogens with two attached hydrogens (primary N) is 1. The maximum absolute atomic E-state index is 13.2. The predicted octanol–water partition coefficient (Wildman–Crippen LogP) is 3.62. The third-order valence-corrected chi connectivity index (χ3v) is 3.96. The maximum Gasteiger partial charge on any atom is 0.201 e. The van der Waals surface area contributed by atoms with Crippen LogP contribution in [-0.2, 0) is 6.42 Å². The SMILES string of the molecule is CC(Cc1ccsc1)n1c(N)nc2cc(F)ccc21. The summed E-state index contributed by atoms with van der Waals surface area (Å²) >= 11 is 1.68. The zero-order valence-corrected chi connectivity index (χ0v) is 11.3. The number of halogens is 1. The molecular weight excluding hydrogens is 261 g/mol. The van der Waals surface area contributed by atoms with Crippen LogP contribution in [0, 0.1) is 5.82 Å². The number of benzene rings is 1. The van der Waals surface area contributed by atoms with Crippen molar-refractivity contribution in [3.8, 4) is 0 Å². The number of rotatable bonds is 3. The molecule has 0 fully saturated rings. The molecule has 0 aliphatic rings. The second-order valence-electron chi connectivity index (χ2n) is 4.66. The summed E-state index contributed by atoms with van der Waals surface area (Å²) in [6.07, 6.45) is 0.885. The Morgan fingerprint density at radius 1 is 1.42 bits per heavy atom. The lowest BCUT2D eigenvalue weighted by Gasteiger charge is -2.15. The second kappa shape index (κ2) is 4.66. The van der Waals surface area contributed by atoms with Crippen LogP contribution in [-0.4, -0.2) is 9.55 Å². The number of hydrogen-bond acceptors (Lipinski definition) is 3. The van der Waals surface area contributed by atoms with Gasteiger partial charge in [0.2, 0.25) is 5.95 Å². The first-order valence-corrected chi connectivity index (χ1v) is 7.03. The first-order valence-electron chi connectivity index (χ1n) is 6.09. The monoisotopic (exact) mass is 275 g/mol. The van der Waals surface area contributed by atoms with Crippen molar-refractivity contribution in [2.75, 3.05) is 5.73 Å². The van der Waals surface area contributed by atoms with Gasteiger partial charge in [-0.2, -0.15) is 11.3 Å². The van der Waals surface area contributed by atoms with Crippen molar-refractivity contribution in [1.29, 1.82) is 0 Å². The molecule has 0 saturated heterocycles. The van der Waals surface area contributed by atoms with E-state index in [1.807, 2.05) is 4.57 Å². The number of aromatic nitrogens is 2. The van der Waals surface area contributed by atoms with Crippen molar-refractivity contribution < 1.29 is 4.39 Å². The lowest BCUT2D eigenvalue weighted by atomic mass is 10.1. The Hall–Kier alpha value is -1.88. The number of nitrogen functional groups attached to an aromatic ring is 1. The third kappa shape index (κ3) is 2.21. The average Bonchev–Trinajstić information content (AvgIpc) is 2.95. The standard InChI is InChI=1S/C14H14FN3S/c1-9(6-10-4-5-19-8-10)18-13-3-2-11(15)7-12(13)17-14(18)16/h2-5,7-9H,6H2,1H3,(H2,16,17). The fraction of sp³-hybridized carbons (Fsp3) is 0.214. The van der Waals surface area contributed by atoms with Crippen molar-refractivity contribution in [3.05, 3.63) is 46.4 Å².